The Morgan fingerprint density at radius 2 is 2.17 bits per heavy atom. The average Bonchev–Trinajstić information content (AvgIpc) is 3.04. The Kier molecular flexibility index (Phi) is 4.42. The summed E-state index contributed by atoms with van der Waals surface area (Å²) in [5.41, 5.74) is -1.03. The Labute approximate surface area is 141 Å². The second-order valence-corrected chi connectivity index (χ2v) is 8.72. The van der Waals surface area contributed by atoms with Crippen molar-refractivity contribution >= 4 is 21.7 Å². The van der Waals surface area contributed by atoms with Crippen molar-refractivity contribution in [3.05, 3.63) is 24.2 Å². The monoisotopic (exact) mass is 354 g/mol. The summed E-state index contributed by atoms with van der Waals surface area (Å²) in [4.78, 5) is 27.0. The molecule has 1 aromatic heterocycles. The van der Waals surface area contributed by atoms with Crippen LogP contribution < -0.4 is 5.32 Å². The van der Waals surface area contributed by atoms with Crippen molar-refractivity contribution in [3.63, 3.8) is 0 Å². The molecular formula is C16H22N2O5S. The molecule has 2 amide bonds. The number of hydrogen-bond donors (Lipinski definition) is 1. The highest BCUT2D eigenvalue weighted by atomic mass is 32.2. The van der Waals surface area contributed by atoms with E-state index in [1.807, 2.05) is 6.92 Å². The summed E-state index contributed by atoms with van der Waals surface area (Å²) < 4.78 is 28.6. The van der Waals surface area contributed by atoms with Crippen LogP contribution in [0, 0.1) is 5.41 Å². The molecular weight excluding hydrogens is 332 g/mol. The summed E-state index contributed by atoms with van der Waals surface area (Å²) in [6.07, 6.45) is 2.99. The molecule has 0 aromatic carbocycles. The van der Waals surface area contributed by atoms with E-state index in [0.29, 0.717) is 31.6 Å². The Morgan fingerprint density at radius 3 is 2.67 bits per heavy atom. The lowest BCUT2D eigenvalue weighted by Gasteiger charge is -2.30. The van der Waals surface area contributed by atoms with E-state index in [1.54, 1.807) is 17.0 Å². The van der Waals surface area contributed by atoms with Crippen molar-refractivity contribution in [2.24, 2.45) is 5.41 Å². The third kappa shape index (κ3) is 3.19. The maximum atomic E-state index is 12.9. The predicted molar refractivity (Wildman–Crippen MR) is 86.7 cm³/mol. The Bertz CT molecular complexity index is 722. The predicted octanol–water partition coefficient (Wildman–Crippen LogP) is 0.712. The van der Waals surface area contributed by atoms with Crippen LogP contribution in [0.25, 0.3) is 0 Å². The normalized spacial score (nSPS) is 23.6. The third-order valence-electron chi connectivity index (χ3n) is 4.85. The fraction of sp³-hybridized carbons (Fsp3) is 0.625. The molecule has 3 rings (SSSR count). The molecule has 2 fully saturated rings. The van der Waals surface area contributed by atoms with Crippen molar-refractivity contribution in [3.8, 4) is 0 Å². The lowest BCUT2D eigenvalue weighted by atomic mass is 10.0. The molecule has 2 aliphatic rings. The van der Waals surface area contributed by atoms with Gasteiger partial charge in [-0.2, -0.15) is 0 Å². The first kappa shape index (κ1) is 17.0. The summed E-state index contributed by atoms with van der Waals surface area (Å²) in [5.74, 6) is 0.184. The van der Waals surface area contributed by atoms with E-state index >= 15 is 0 Å². The number of rotatable bonds is 6. The summed E-state index contributed by atoms with van der Waals surface area (Å²) in [7, 11) is -3.08. The van der Waals surface area contributed by atoms with E-state index in [2.05, 4.69) is 5.32 Å². The smallest absolute Gasteiger partial charge is 0.238 e. The van der Waals surface area contributed by atoms with Gasteiger partial charge in [0, 0.05) is 12.6 Å². The number of amides is 2. The van der Waals surface area contributed by atoms with E-state index in [0.717, 1.165) is 0 Å². The molecule has 24 heavy (non-hydrogen) atoms. The number of carbonyl (C=O) groups is 2. The van der Waals surface area contributed by atoms with E-state index in [9.17, 15) is 18.0 Å². The van der Waals surface area contributed by atoms with E-state index in [4.69, 9.17) is 4.42 Å². The average molecular weight is 354 g/mol. The van der Waals surface area contributed by atoms with E-state index < -0.39 is 15.3 Å². The highest BCUT2D eigenvalue weighted by molar-refractivity contribution is 7.91. The van der Waals surface area contributed by atoms with Gasteiger partial charge in [-0.15, -0.1) is 0 Å². The van der Waals surface area contributed by atoms with Crippen LogP contribution in [-0.2, 0) is 26.0 Å². The Balaban J connectivity index is 1.67. The fourth-order valence-corrected chi connectivity index (χ4v) is 5.01. The van der Waals surface area contributed by atoms with Crippen molar-refractivity contribution in [1.82, 2.24) is 10.2 Å². The molecule has 1 aliphatic heterocycles. The highest BCUT2D eigenvalue weighted by Crippen LogP contribution is 2.48. The maximum Gasteiger partial charge on any atom is 0.238 e. The van der Waals surface area contributed by atoms with Gasteiger partial charge in [-0.3, -0.25) is 9.59 Å². The minimum absolute atomic E-state index is 0.00330. The van der Waals surface area contributed by atoms with Crippen LogP contribution in [0.1, 0.15) is 31.9 Å². The van der Waals surface area contributed by atoms with Crippen LogP contribution >= 0.6 is 0 Å². The van der Waals surface area contributed by atoms with Crippen LogP contribution in [0.15, 0.2) is 22.8 Å². The first-order chi connectivity index (χ1) is 11.4. The molecule has 1 saturated carbocycles. The number of carbonyl (C=O) groups excluding carboxylic acids is 2. The molecule has 2 heterocycles. The number of nitrogens with zero attached hydrogens (tertiary/aromatic N) is 1. The molecule has 1 saturated heterocycles. The topological polar surface area (TPSA) is 96.7 Å². The Morgan fingerprint density at radius 1 is 1.42 bits per heavy atom. The van der Waals surface area contributed by atoms with E-state index in [-0.39, 0.29) is 35.9 Å². The lowest BCUT2D eigenvalue weighted by Crippen LogP contribution is -2.49. The maximum absolute atomic E-state index is 12.9. The number of nitrogens with one attached hydrogen (secondary N) is 1. The second-order valence-electron chi connectivity index (χ2n) is 6.49. The molecule has 0 bridgehead atoms. The zero-order valence-electron chi connectivity index (χ0n) is 13.7. The van der Waals surface area contributed by atoms with Crippen LogP contribution in [-0.4, -0.2) is 49.2 Å². The van der Waals surface area contributed by atoms with Gasteiger partial charge in [0.15, 0.2) is 9.84 Å². The van der Waals surface area contributed by atoms with Gasteiger partial charge in [0.05, 0.1) is 24.3 Å². The Hall–Kier alpha value is -1.83. The molecule has 132 valence electrons. The largest absolute Gasteiger partial charge is 0.467 e. The fourth-order valence-electron chi connectivity index (χ4n) is 3.28. The van der Waals surface area contributed by atoms with Gasteiger partial charge in [-0.05, 0) is 38.3 Å². The van der Waals surface area contributed by atoms with Gasteiger partial charge in [0.1, 0.15) is 11.2 Å². The van der Waals surface area contributed by atoms with E-state index in [1.165, 1.54) is 6.26 Å². The summed E-state index contributed by atoms with van der Waals surface area (Å²) in [6.45, 7) is 2.47. The van der Waals surface area contributed by atoms with Gasteiger partial charge in [-0.25, -0.2) is 8.42 Å². The molecule has 7 nitrogen and oxygen atoms in total. The number of furan rings is 1. The standard InChI is InChI=1S/C16H22N2O5S/c1-2-18(12-5-9-24(21,22)11-12)15(20)16(6-7-16)14(19)17-10-13-4-3-8-23-13/h3-4,8,12H,2,5-7,9-11H2,1H3,(H,17,19). The van der Waals surface area contributed by atoms with Gasteiger partial charge < -0.3 is 14.6 Å². The van der Waals surface area contributed by atoms with Gasteiger partial charge >= 0.3 is 0 Å². The number of hydrogen-bond acceptors (Lipinski definition) is 5. The van der Waals surface area contributed by atoms with Crippen LogP contribution in [0.2, 0.25) is 0 Å². The van der Waals surface area contributed by atoms with Crippen molar-refractivity contribution in [1.29, 1.82) is 0 Å². The highest BCUT2D eigenvalue weighted by Gasteiger charge is 2.58. The molecule has 0 spiro atoms. The van der Waals surface area contributed by atoms with Crippen LogP contribution in [0.5, 0.6) is 0 Å². The van der Waals surface area contributed by atoms with Crippen molar-refractivity contribution in [2.75, 3.05) is 18.1 Å². The van der Waals surface area contributed by atoms with Crippen LogP contribution in [0.4, 0.5) is 0 Å². The van der Waals surface area contributed by atoms with Gasteiger partial charge in [-0.1, -0.05) is 0 Å². The lowest BCUT2D eigenvalue weighted by molar-refractivity contribution is -0.145. The minimum Gasteiger partial charge on any atom is -0.467 e. The zero-order valence-corrected chi connectivity index (χ0v) is 14.5. The first-order valence-electron chi connectivity index (χ1n) is 8.20. The molecule has 0 radical (unpaired) electrons. The molecule has 1 N–H and O–H groups in total. The molecule has 1 atom stereocenters. The van der Waals surface area contributed by atoms with Crippen molar-refractivity contribution in [2.45, 2.75) is 38.8 Å². The van der Waals surface area contributed by atoms with Crippen LogP contribution in [0.3, 0.4) is 0 Å². The first-order valence-corrected chi connectivity index (χ1v) is 10.0. The van der Waals surface area contributed by atoms with Gasteiger partial charge in [0.25, 0.3) is 0 Å². The molecule has 1 aliphatic carbocycles. The SMILES string of the molecule is CCN(C(=O)C1(C(=O)NCc2ccco2)CC1)C1CCS(=O)(=O)C1. The third-order valence-corrected chi connectivity index (χ3v) is 6.60. The molecule has 8 heteroatoms. The zero-order chi connectivity index (χ0) is 17.4. The number of sulfone groups is 1. The molecule has 1 aromatic rings. The van der Waals surface area contributed by atoms with Crippen molar-refractivity contribution < 1.29 is 22.4 Å². The second kappa shape index (κ2) is 6.23. The summed E-state index contributed by atoms with van der Waals surface area (Å²) in [5, 5.41) is 2.76. The molecule has 1 unspecified atom stereocenters. The summed E-state index contributed by atoms with van der Waals surface area (Å²) in [6, 6.07) is 3.17. The quantitative estimate of drug-likeness (QED) is 0.759. The van der Waals surface area contributed by atoms with Gasteiger partial charge in [0.2, 0.25) is 11.8 Å². The minimum atomic E-state index is -3.08. The summed E-state index contributed by atoms with van der Waals surface area (Å²) >= 11 is 0.